The van der Waals surface area contributed by atoms with Crippen molar-refractivity contribution in [3.05, 3.63) is 12.2 Å². The van der Waals surface area contributed by atoms with Crippen LogP contribution in [0, 0.1) is 34.0 Å². The maximum atomic E-state index is 14.2. The van der Waals surface area contributed by atoms with E-state index in [9.17, 15) is 40.5 Å². The van der Waals surface area contributed by atoms with Gasteiger partial charge in [0.25, 0.3) is 0 Å². The predicted octanol–water partition coefficient (Wildman–Crippen LogP) is 2.20. The molecular formula is C41H66O14. The van der Waals surface area contributed by atoms with E-state index in [1.807, 2.05) is 13.8 Å². The molecule has 4 saturated carbocycles. The molecule has 21 atom stereocenters. The number of rotatable bonds is 8. The second-order valence-corrected chi connectivity index (χ2v) is 18.8. The number of esters is 1. The van der Waals surface area contributed by atoms with Gasteiger partial charge in [0.2, 0.25) is 6.29 Å². The Morgan fingerprint density at radius 1 is 0.745 bits per heavy atom. The molecule has 2 bridgehead atoms. The summed E-state index contributed by atoms with van der Waals surface area (Å²) < 4.78 is 37.4. The first-order valence-corrected chi connectivity index (χ1v) is 20.8. The van der Waals surface area contributed by atoms with Crippen molar-refractivity contribution in [3.63, 3.8) is 0 Å². The summed E-state index contributed by atoms with van der Waals surface area (Å²) in [5.41, 5.74) is -1.04. The van der Waals surface area contributed by atoms with Crippen LogP contribution in [0.2, 0.25) is 0 Å². The summed E-state index contributed by atoms with van der Waals surface area (Å²) in [6, 6.07) is 0. The molecule has 3 heterocycles. The highest BCUT2D eigenvalue weighted by atomic mass is 16.8. The highest BCUT2D eigenvalue weighted by Gasteiger charge is 2.69. The molecule has 314 valence electrons. The summed E-state index contributed by atoms with van der Waals surface area (Å²) in [6.07, 6.45) is -8.29. The third kappa shape index (κ3) is 6.66. The Bertz CT molecular complexity index is 1430. The maximum Gasteiger partial charge on any atom is 0.314 e. The van der Waals surface area contributed by atoms with Crippen molar-refractivity contribution in [2.45, 2.75) is 204 Å². The smallest absolute Gasteiger partial charge is 0.314 e. The van der Waals surface area contributed by atoms with Gasteiger partial charge in [0.15, 0.2) is 12.6 Å². The number of carbonyl (C=O) groups is 1. The first kappa shape index (κ1) is 41.9. The third-order valence-corrected chi connectivity index (χ3v) is 15.7. The van der Waals surface area contributed by atoms with Gasteiger partial charge in [-0.3, -0.25) is 4.79 Å². The van der Waals surface area contributed by atoms with Crippen LogP contribution < -0.4 is 0 Å². The molecule has 7 rings (SSSR count). The van der Waals surface area contributed by atoms with Gasteiger partial charge < -0.3 is 64.2 Å². The first-order chi connectivity index (χ1) is 25.9. The van der Waals surface area contributed by atoms with Crippen LogP contribution in [-0.4, -0.2) is 133 Å². The van der Waals surface area contributed by atoms with Gasteiger partial charge in [-0.05, 0) is 106 Å². The fourth-order valence-corrected chi connectivity index (χ4v) is 12.5. The highest BCUT2D eigenvalue weighted by molar-refractivity contribution is 5.77. The first-order valence-electron chi connectivity index (χ1n) is 20.8. The Balaban J connectivity index is 1.10. The lowest BCUT2D eigenvalue weighted by molar-refractivity contribution is -0.369. The molecule has 14 heteroatoms. The van der Waals surface area contributed by atoms with E-state index in [0.29, 0.717) is 32.1 Å². The molecule has 9 unspecified atom stereocenters. The van der Waals surface area contributed by atoms with Gasteiger partial charge in [0, 0.05) is 5.92 Å². The van der Waals surface area contributed by atoms with E-state index in [1.54, 1.807) is 20.8 Å². The Labute approximate surface area is 324 Å². The average Bonchev–Trinajstić information content (AvgIpc) is 3.35. The molecule has 4 aliphatic carbocycles. The lowest BCUT2D eigenvalue weighted by atomic mass is 9.41. The average molecular weight is 783 g/mol. The summed E-state index contributed by atoms with van der Waals surface area (Å²) in [4.78, 5) is 14.2. The second kappa shape index (κ2) is 15.1. The minimum Gasteiger partial charge on any atom is -0.432 e. The van der Waals surface area contributed by atoms with Gasteiger partial charge >= 0.3 is 5.97 Å². The van der Waals surface area contributed by atoms with E-state index < -0.39 is 109 Å². The van der Waals surface area contributed by atoms with Crippen LogP contribution in [0.5, 0.6) is 0 Å². The van der Waals surface area contributed by atoms with Crippen LogP contribution in [0.15, 0.2) is 12.2 Å². The molecule has 3 saturated heterocycles. The van der Waals surface area contributed by atoms with Gasteiger partial charge in [0.1, 0.15) is 42.7 Å². The van der Waals surface area contributed by atoms with E-state index in [2.05, 4.69) is 13.5 Å². The van der Waals surface area contributed by atoms with Crippen LogP contribution in [0.4, 0.5) is 0 Å². The summed E-state index contributed by atoms with van der Waals surface area (Å²) in [6.45, 7) is 15.9. The topological polar surface area (TPSA) is 214 Å². The Morgan fingerprint density at radius 2 is 1.38 bits per heavy atom. The van der Waals surface area contributed by atoms with Crippen molar-refractivity contribution in [2.24, 2.45) is 34.0 Å². The molecule has 1 spiro atoms. The number of aliphatic hydroxyl groups excluding tert-OH is 7. The normalized spacial score (nSPS) is 55.4. The number of carbonyl (C=O) groups excluding carboxylic acids is 1. The lowest BCUT2D eigenvalue weighted by Gasteiger charge is -2.64. The minimum absolute atomic E-state index is 0.00692. The summed E-state index contributed by atoms with van der Waals surface area (Å²) in [7, 11) is 0. The van der Waals surface area contributed by atoms with Crippen LogP contribution in [0.25, 0.3) is 0 Å². The van der Waals surface area contributed by atoms with Gasteiger partial charge in [-0.2, -0.15) is 0 Å². The fraction of sp³-hybridized carbons (Fsp3) is 0.927. The van der Waals surface area contributed by atoms with Crippen molar-refractivity contribution >= 4 is 5.97 Å². The third-order valence-electron chi connectivity index (χ3n) is 15.7. The Hall–Kier alpha value is -1.27. The van der Waals surface area contributed by atoms with E-state index >= 15 is 0 Å². The molecule has 3 aliphatic heterocycles. The summed E-state index contributed by atoms with van der Waals surface area (Å²) in [5.74, 6) is -0.847. The quantitative estimate of drug-likeness (QED) is 0.107. The zero-order chi connectivity index (χ0) is 40.0. The zero-order valence-corrected chi connectivity index (χ0v) is 33.3. The Kier molecular flexibility index (Phi) is 11.5. The second-order valence-electron chi connectivity index (χ2n) is 18.8. The van der Waals surface area contributed by atoms with E-state index in [4.69, 9.17) is 28.4 Å². The van der Waals surface area contributed by atoms with Crippen molar-refractivity contribution in [3.8, 4) is 0 Å². The number of hydrogen-bond donors (Lipinski definition) is 7. The highest BCUT2D eigenvalue weighted by Crippen LogP contribution is 2.73. The van der Waals surface area contributed by atoms with Crippen LogP contribution in [0.1, 0.15) is 112 Å². The van der Waals surface area contributed by atoms with Gasteiger partial charge in [-0.1, -0.05) is 40.7 Å². The van der Waals surface area contributed by atoms with Crippen molar-refractivity contribution in [1.29, 1.82) is 0 Å². The molecule has 0 aromatic heterocycles. The molecule has 0 aromatic rings. The molecule has 7 fully saturated rings. The van der Waals surface area contributed by atoms with Crippen LogP contribution in [0.3, 0.4) is 0 Å². The molecule has 7 aliphatic rings. The number of hydrogen-bond acceptors (Lipinski definition) is 14. The number of fused-ring (bicyclic) bond motifs is 3. The maximum absolute atomic E-state index is 14.2. The number of aliphatic hydroxyl groups is 7. The monoisotopic (exact) mass is 782 g/mol. The van der Waals surface area contributed by atoms with E-state index in [0.717, 1.165) is 44.1 Å². The van der Waals surface area contributed by atoms with Crippen molar-refractivity contribution in [1.82, 2.24) is 0 Å². The van der Waals surface area contributed by atoms with Gasteiger partial charge in [0.05, 0.1) is 35.4 Å². The van der Waals surface area contributed by atoms with E-state index in [1.165, 1.54) is 0 Å². The summed E-state index contributed by atoms with van der Waals surface area (Å²) in [5, 5.41) is 75.2. The standard InChI is InChI=1S/C41H66O14/c1-8-22-28(44)30(46)32(48)35(51-22)54-37(49)39(7)14-10-13-38(6)24(39)11-15-40-17-19(3)41(18-40,16-12-25(38)40)55-36-33(31(47)29(45)23(9-2)52-36)53-34-20(4)26(42)27(43)21(5)50-34/h20-36,42-48H,3,8-18H2,1-2,4-7H3/t20?,21?,22?,23-,24+,25+,26?,27+,28-,29?,30?,31?,32?,33-,34+,35+,36?,38-,39-,40-,41+/m1/s1. The van der Waals surface area contributed by atoms with Gasteiger partial charge in [-0.25, -0.2) is 0 Å². The van der Waals surface area contributed by atoms with Crippen LogP contribution in [-0.2, 0) is 33.2 Å². The summed E-state index contributed by atoms with van der Waals surface area (Å²) >= 11 is 0. The molecule has 0 aromatic carbocycles. The van der Waals surface area contributed by atoms with Crippen LogP contribution >= 0.6 is 0 Å². The molecule has 7 N–H and O–H groups in total. The molecule has 0 amide bonds. The fourth-order valence-electron chi connectivity index (χ4n) is 12.5. The van der Waals surface area contributed by atoms with Gasteiger partial charge in [-0.15, -0.1) is 0 Å². The molecule has 55 heavy (non-hydrogen) atoms. The largest absolute Gasteiger partial charge is 0.432 e. The molecule has 0 radical (unpaired) electrons. The van der Waals surface area contributed by atoms with Crippen molar-refractivity contribution in [2.75, 3.05) is 0 Å². The Morgan fingerprint density at radius 3 is 2.05 bits per heavy atom. The van der Waals surface area contributed by atoms with Crippen molar-refractivity contribution < 1.29 is 69.0 Å². The molecule has 14 nitrogen and oxygen atoms in total. The SMILES string of the molecule is C=C1C[C@@]23CC[C@H]4[C@@](C)(CCC[C@@]4(C)C(=O)O[C@@H]4OC(CC)[C@@H](O)C(O)C4O)[C@@H]2CC[C@]1(OC1O[C@H](CC)C(O)C(O)[C@H]1O[C@@H]1OC(C)[C@H](O)C(O)C1C)C3. The van der Waals surface area contributed by atoms with E-state index in [-0.39, 0.29) is 22.7 Å². The lowest BCUT2D eigenvalue weighted by Crippen LogP contribution is -2.64. The minimum atomic E-state index is -1.57. The number of ether oxygens (including phenoxy) is 6. The molecular weight excluding hydrogens is 716 g/mol. The predicted molar refractivity (Wildman–Crippen MR) is 195 cm³/mol. The zero-order valence-electron chi connectivity index (χ0n) is 33.3.